The van der Waals surface area contributed by atoms with Crippen molar-refractivity contribution >= 4 is 0 Å². The maximum absolute atomic E-state index is 14.6. The average Bonchev–Trinajstić information content (AvgIpc) is 3.59. The van der Waals surface area contributed by atoms with Gasteiger partial charge in [-0.3, -0.25) is 0 Å². The normalized spacial score (nSPS) is 38.6. The zero-order valence-electron chi connectivity index (χ0n) is 20.2. The highest BCUT2D eigenvalue weighted by atomic mass is 16.6. The number of benzene rings is 2. The lowest BCUT2D eigenvalue weighted by atomic mass is 9.48. The molecule has 1 unspecified atom stereocenters. The van der Waals surface area contributed by atoms with E-state index >= 15 is 0 Å². The summed E-state index contributed by atoms with van der Waals surface area (Å²) in [5.74, 6) is 1.16. The van der Waals surface area contributed by atoms with Gasteiger partial charge in [0.1, 0.15) is 17.7 Å². The van der Waals surface area contributed by atoms with Crippen LogP contribution in [-0.4, -0.2) is 58.4 Å². The van der Waals surface area contributed by atoms with E-state index in [1.807, 2.05) is 12.1 Å². The molecule has 0 radical (unpaired) electrons. The summed E-state index contributed by atoms with van der Waals surface area (Å²) in [6.07, 6.45) is 5.49. The molecule has 35 heavy (non-hydrogen) atoms. The summed E-state index contributed by atoms with van der Waals surface area (Å²) in [5.41, 5.74) is 2.13. The van der Waals surface area contributed by atoms with E-state index in [-0.39, 0.29) is 16.4 Å². The number of aliphatic hydroxyl groups excluding tert-OH is 1. The highest BCUT2D eigenvalue weighted by Crippen LogP contribution is 2.67. The first kappa shape index (κ1) is 22.1. The molecule has 186 valence electrons. The lowest BCUT2D eigenvalue weighted by Gasteiger charge is -2.69. The van der Waals surface area contributed by atoms with Crippen LogP contribution in [-0.2, 0) is 23.0 Å². The Morgan fingerprint density at radius 1 is 1.09 bits per heavy atom. The van der Waals surface area contributed by atoms with Gasteiger partial charge in [0, 0.05) is 30.9 Å². The largest absolute Gasteiger partial charge is 0.632 e. The number of hydrogen-bond donors (Lipinski definition) is 2. The quantitative estimate of drug-likeness (QED) is 0.358. The summed E-state index contributed by atoms with van der Waals surface area (Å²) < 4.78 is 13.2. The number of likely N-dealkylation sites (tertiary alicyclic amines) is 1. The minimum atomic E-state index is -0.686. The Balaban J connectivity index is 1.30. The van der Waals surface area contributed by atoms with Crippen LogP contribution in [0.25, 0.3) is 0 Å². The van der Waals surface area contributed by atoms with E-state index in [4.69, 9.17) is 9.47 Å². The molecule has 2 aromatic carbocycles. The molecular weight excluding hydrogens is 442 g/mol. The zero-order chi connectivity index (χ0) is 23.8. The maximum atomic E-state index is 14.6. The van der Waals surface area contributed by atoms with Gasteiger partial charge < -0.3 is 29.5 Å². The molecule has 5 aliphatic rings. The number of piperidine rings is 1. The molecular formula is C29H35NO5. The number of ether oxygens (including phenoxy) is 2. The SMILES string of the molecule is [O-][N@+]1(CC2CC2)CC[C@]23c4c5ccc(O)c4O[C@H]2[C@H](O)CCC3(OCCCc2ccccc2)[C@H]1C5. The number of quaternary nitrogens is 1. The van der Waals surface area contributed by atoms with Crippen LogP contribution in [0.2, 0.25) is 0 Å². The summed E-state index contributed by atoms with van der Waals surface area (Å²) >= 11 is 0. The van der Waals surface area contributed by atoms with Crippen LogP contribution >= 0.6 is 0 Å². The minimum absolute atomic E-state index is 0.127. The Kier molecular flexibility index (Phi) is 4.86. The van der Waals surface area contributed by atoms with E-state index in [0.29, 0.717) is 57.0 Å². The third-order valence-corrected chi connectivity index (χ3v) is 9.80. The Hall–Kier alpha value is -2.12. The van der Waals surface area contributed by atoms with Gasteiger partial charge in [-0.05, 0) is 55.7 Å². The second-order valence-corrected chi connectivity index (χ2v) is 11.7. The number of hydrogen-bond acceptors (Lipinski definition) is 5. The van der Waals surface area contributed by atoms with E-state index < -0.39 is 23.2 Å². The van der Waals surface area contributed by atoms with Crippen LogP contribution in [0.5, 0.6) is 11.5 Å². The summed E-state index contributed by atoms with van der Waals surface area (Å²) in [4.78, 5) is 0. The van der Waals surface area contributed by atoms with E-state index in [1.165, 1.54) is 5.56 Å². The lowest BCUT2D eigenvalue weighted by Crippen LogP contribution is -2.81. The Morgan fingerprint density at radius 2 is 1.91 bits per heavy atom. The number of aryl methyl sites for hydroxylation is 1. The maximum Gasteiger partial charge on any atom is 0.165 e. The van der Waals surface area contributed by atoms with E-state index in [0.717, 1.165) is 36.8 Å². The molecule has 2 heterocycles. The Bertz CT molecular complexity index is 1140. The van der Waals surface area contributed by atoms with Crippen molar-refractivity contribution in [3.05, 3.63) is 64.4 Å². The summed E-state index contributed by atoms with van der Waals surface area (Å²) in [5, 5.41) is 36.5. The molecule has 7 rings (SSSR count). The molecule has 0 aromatic heterocycles. The monoisotopic (exact) mass is 477 g/mol. The number of phenols is 1. The third kappa shape index (κ3) is 3.03. The second kappa shape index (κ2) is 7.69. The smallest absolute Gasteiger partial charge is 0.165 e. The molecule has 3 fully saturated rings. The summed E-state index contributed by atoms with van der Waals surface area (Å²) in [6, 6.07) is 13.9. The molecule has 2 saturated carbocycles. The fourth-order valence-corrected chi connectivity index (χ4v) is 8.17. The topological polar surface area (TPSA) is 82.0 Å². The van der Waals surface area contributed by atoms with E-state index in [9.17, 15) is 15.4 Å². The van der Waals surface area contributed by atoms with Crippen LogP contribution in [0.3, 0.4) is 0 Å². The lowest BCUT2D eigenvalue weighted by molar-refractivity contribution is -0.924. The highest BCUT2D eigenvalue weighted by molar-refractivity contribution is 5.62. The molecule has 3 aliphatic carbocycles. The summed E-state index contributed by atoms with van der Waals surface area (Å²) in [7, 11) is 0. The first-order valence-electron chi connectivity index (χ1n) is 13.4. The van der Waals surface area contributed by atoms with Crippen LogP contribution < -0.4 is 4.74 Å². The Labute approximate surface area is 206 Å². The van der Waals surface area contributed by atoms with Crippen molar-refractivity contribution in [2.45, 2.75) is 80.6 Å². The molecule has 0 amide bonds. The van der Waals surface area contributed by atoms with Gasteiger partial charge in [0.2, 0.25) is 0 Å². The van der Waals surface area contributed by atoms with Crippen molar-refractivity contribution in [3.63, 3.8) is 0 Å². The second-order valence-electron chi connectivity index (χ2n) is 11.7. The molecule has 6 nitrogen and oxygen atoms in total. The number of nitrogens with zero attached hydrogens (tertiary/aromatic N) is 1. The van der Waals surface area contributed by atoms with Gasteiger partial charge in [-0.1, -0.05) is 36.4 Å². The van der Waals surface area contributed by atoms with E-state index in [1.54, 1.807) is 6.07 Å². The molecule has 2 bridgehead atoms. The molecule has 2 aromatic rings. The summed E-state index contributed by atoms with van der Waals surface area (Å²) in [6.45, 7) is 1.77. The predicted molar refractivity (Wildman–Crippen MR) is 131 cm³/mol. The molecule has 2 N–H and O–H groups in total. The van der Waals surface area contributed by atoms with Gasteiger partial charge in [0.25, 0.3) is 0 Å². The first-order valence-corrected chi connectivity index (χ1v) is 13.4. The van der Waals surface area contributed by atoms with Crippen molar-refractivity contribution in [2.24, 2.45) is 5.92 Å². The van der Waals surface area contributed by atoms with Gasteiger partial charge in [-0.2, -0.15) is 0 Å². The number of rotatable bonds is 7. The van der Waals surface area contributed by atoms with Crippen LogP contribution in [0, 0.1) is 11.1 Å². The van der Waals surface area contributed by atoms with Crippen molar-refractivity contribution in [2.75, 3.05) is 19.7 Å². The highest BCUT2D eigenvalue weighted by Gasteiger charge is 2.77. The van der Waals surface area contributed by atoms with Crippen LogP contribution in [0.15, 0.2) is 42.5 Å². The Morgan fingerprint density at radius 3 is 2.71 bits per heavy atom. The molecule has 1 saturated heterocycles. The molecule has 1 spiro atoms. The van der Waals surface area contributed by atoms with E-state index in [2.05, 4.69) is 24.3 Å². The number of phenolic OH excluding ortho intramolecular Hbond substituents is 1. The zero-order valence-corrected chi connectivity index (χ0v) is 20.2. The number of aromatic hydroxyl groups is 1. The molecule has 6 atom stereocenters. The minimum Gasteiger partial charge on any atom is -0.632 e. The van der Waals surface area contributed by atoms with Crippen molar-refractivity contribution in [3.8, 4) is 11.5 Å². The van der Waals surface area contributed by atoms with Gasteiger partial charge in [0.15, 0.2) is 11.5 Å². The van der Waals surface area contributed by atoms with Crippen LogP contribution in [0.4, 0.5) is 0 Å². The van der Waals surface area contributed by atoms with Gasteiger partial charge in [-0.25, -0.2) is 0 Å². The van der Waals surface area contributed by atoms with Crippen molar-refractivity contribution in [1.82, 2.24) is 0 Å². The van der Waals surface area contributed by atoms with Gasteiger partial charge in [-0.15, -0.1) is 0 Å². The van der Waals surface area contributed by atoms with Crippen molar-refractivity contribution in [1.29, 1.82) is 0 Å². The fourth-order valence-electron chi connectivity index (χ4n) is 8.17. The number of aliphatic hydroxyl groups is 1. The third-order valence-electron chi connectivity index (χ3n) is 9.80. The number of hydroxylamine groups is 3. The average molecular weight is 478 g/mol. The van der Waals surface area contributed by atoms with Crippen LogP contribution in [0.1, 0.15) is 55.2 Å². The molecule has 2 aliphatic heterocycles. The van der Waals surface area contributed by atoms with Gasteiger partial charge >= 0.3 is 0 Å². The van der Waals surface area contributed by atoms with Gasteiger partial charge in [0.05, 0.1) is 24.6 Å². The predicted octanol–water partition coefficient (Wildman–Crippen LogP) is 3.99. The standard InChI is InChI=1S/C29H35NO5/c31-22-11-10-21-17-24-29(34-16-4-7-19-5-2-1-3-6-19)13-12-23(32)27-28(29,25(21)26(22)35-27)14-15-30(24,33)18-20-8-9-20/h1-3,5-6,10-11,20,23-24,27,31-32H,4,7-9,12-18H2/t23-,24-,27+,28+,29?,30+/m1/s1. The van der Waals surface area contributed by atoms with Crippen molar-refractivity contribution < 1.29 is 24.3 Å². The molecule has 6 heteroatoms. The fraction of sp³-hybridized carbons (Fsp3) is 0.586. The first-order chi connectivity index (χ1) is 17.0.